The van der Waals surface area contributed by atoms with Crippen LogP contribution in [0.25, 0.3) is 33.1 Å². The van der Waals surface area contributed by atoms with E-state index in [0.29, 0.717) is 74.6 Å². The lowest BCUT2D eigenvalue weighted by molar-refractivity contribution is 0.0990. The number of benzene rings is 3. The van der Waals surface area contributed by atoms with Gasteiger partial charge in [0.25, 0.3) is 28.1 Å². The van der Waals surface area contributed by atoms with Gasteiger partial charge in [0.15, 0.2) is 4.73 Å². The zero-order valence-electron chi connectivity index (χ0n) is 64.3. The highest BCUT2D eigenvalue weighted by molar-refractivity contribution is 14.1. The number of anilines is 1. The van der Waals surface area contributed by atoms with Crippen molar-refractivity contribution in [2.24, 2.45) is 5.73 Å². The number of aryl methyl sites for hydroxylation is 2. The van der Waals surface area contributed by atoms with Gasteiger partial charge >= 0.3 is 22.8 Å². The molecule has 0 radical (unpaired) electrons. The summed E-state index contributed by atoms with van der Waals surface area (Å²) >= 11 is 41.2. The molecule has 0 aliphatic rings. The normalized spacial score (nSPS) is 11.1. The molecule has 0 unspecified atom stereocenters. The summed E-state index contributed by atoms with van der Waals surface area (Å²) in [6.07, 6.45) is 9.66. The molecule has 7 N–H and O–H groups in total. The van der Waals surface area contributed by atoms with Gasteiger partial charge in [-0.1, -0.05) is 83.5 Å². The van der Waals surface area contributed by atoms with Crippen molar-refractivity contribution in [3.63, 3.8) is 0 Å². The molecule has 11 rings (SSSR count). The highest BCUT2D eigenvalue weighted by Gasteiger charge is 2.18. The molecule has 3 aromatic carbocycles. The van der Waals surface area contributed by atoms with E-state index in [4.69, 9.17) is 75.3 Å². The molecule has 1 amide bonds. The number of imidazole rings is 3. The minimum atomic E-state index is -0.593. The van der Waals surface area contributed by atoms with E-state index < -0.39 is 5.91 Å². The molecule has 0 saturated heterocycles. The van der Waals surface area contributed by atoms with Crippen LogP contribution in [-0.4, -0.2) is 93.6 Å². The van der Waals surface area contributed by atoms with Crippen LogP contribution in [0.15, 0.2) is 117 Å². The molecule has 588 valence electrons. The minimum absolute atomic E-state index is 0.0665. The van der Waals surface area contributed by atoms with Gasteiger partial charge in [-0.15, -0.1) is 5.10 Å². The molecule has 0 spiro atoms. The number of amides is 1. The van der Waals surface area contributed by atoms with E-state index in [9.17, 15) is 43.2 Å². The zero-order chi connectivity index (χ0) is 82.1. The Hall–Kier alpha value is -7.85. The Labute approximate surface area is 676 Å². The molecule has 28 nitrogen and oxygen atoms in total. The maximum Gasteiger partial charge on any atom is 0.328 e. The third kappa shape index (κ3) is 25.6. The minimum Gasteiger partial charge on any atom is -0.363 e. The zero-order valence-corrected chi connectivity index (χ0v) is 72.6. The van der Waals surface area contributed by atoms with E-state index in [1.54, 1.807) is 55.4 Å². The first kappa shape index (κ1) is 92.5. The molecule has 0 aliphatic heterocycles. The van der Waals surface area contributed by atoms with Crippen molar-refractivity contribution in [1.82, 2.24) is 81.6 Å². The summed E-state index contributed by atoms with van der Waals surface area (Å²) in [6, 6.07) is 12.8. The molecular formula is C72H95BrCl6IN19O9. The Bertz CT molecular complexity index is 5200. The first-order chi connectivity index (χ1) is 50.1. The van der Waals surface area contributed by atoms with Crippen LogP contribution in [0.5, 0.6) is 0 Å². The molecule has 8 aromatic heterocycles. The van der Waals surface area contributed by atoms with E-state index >= 15 is 0 Å². The van der Waals surface area contributed by atoms with Crippen molar-refractivity contribution < 1.29 is 4.79 Å². The summed E-state index contributed by atoms with van der Waals surface area (Å²) in [5.74, 6) is 0.459. The number of hydrogen-bond donors (Lipinski definition) is 6. The van der Waals surface area contributed by atoms with Gasteiger partial charge in [0.05, 0.1) is 73.1 Å². The summed E-state index contributed by atoms with van der Waals surface area (Å²) in [5.41, 5.74) is 9.73. The van der Waals surface area contributed by atoms with E-state index in [2.05, 4.69) is 135 Å². The highest BCUT2D eigenvalue weighted by atomic mass is 127. The second-order valence-electron chi connectivity index (χ2n) is 27.4. The first-order valence-electron chi connectivity index (χ1n) is 34.3. The smallest absolute Gasteiger partial charge is 0.328 e. The molecule has 0 fully saturated rings. The fraction of sp³-hybridized carbons (Fsp3) is 0.444. The Morgan fingerprint density at radius 3 is 1.19 bits per heavy atom. The predicted molar refractivity (Wildman–Crippen MR) is 449 cm³/mol. The SMILES string of the molecule is CC(C)Nc1nc2cc(Cl)c(Cl)cc2n1C(C)C.CC(C)c1cn(C(C)C)c(=O)[nH]c1=O.CC(C)n1c(Br)nc2cc(Cl)c(Cl)cc21.CC(C)n1cc(I)c(=O)[nH]c1=O.CC(C)n1cnc(C(N)=O)n1.CC(C)n1cnc2cc(Cl)c(Cl)cc21.Cc1cn(C(C)C)c(=O)[nH]c1=O.Cc1cn(C(C)C)c(=O)[nH]c1=O. The number of nitrogens with zero attached hydrogens (tertiary/aromatic N) is 13. The van der Waals surface area contributed by atoms with E-state index in [-0.39, 0.29) is 86.9 Å². The quantitative estimate of drug-likeness (QED) is 0.0619. The van der Waals surface area contributed by atoms with Gasteiger partial charge in [0.2, 0.25) is 11.8 Å². The monoisotopic (exact) mass is 1790 g/mol. The van der Waals surface area contributed by atoms with Crippen molar-refractivity contribution in [1.29, 1.82) is 0 Å². The number of nitrogens with two attached hydrogens (primary N) is 1. The number of carbonyl (C=O) groups excluding carboxylic acids is 1. The number of H-pyrrole nitrogens is 4. The van der Waals surface area contributed by atoms with E-state index in [1.807, 2.05) is 136 Å². The molecule has 8 heterocycles. The Balaban J connectivity index is 0.000000262. The third-order valence-corrected chi connectivity index (χ3v) is 18.9. The van der Waals surface area contributed by atoms with Crippen LogP contribution in [0.3, 0.4) is 0 Å². The standard InChI is InChI=1S/C13H17Cl2N3.C10H9BrCl2N2.C10H10Cl2N2.C10H16N2O2.2C8H12N2O2.C7H9IN2O2.C6H10N4O/c1-7(2)16-13-17-11-5-9(14)10(15)6-12(11)18(13)8(3)4;1-5(2)15-9-4-7(13)6(12)3-8(9)14-10(15)11;1-6(2)14-5-13-9-3-7(11)8(12)4-10(9)14;1-6(2)8-5-12(7(3)4)10(14)11-9(8)13;2*1-5(2)10-4-6(3)7(11)9-8(10)12;1-4(2)10-3-5(8)6(11)9-7(10)12;1-4(2)10-3-8-6(9-10)5(7)11/h5-8H,1-4H3,(H,16,17);3-5H,1-2H3;3-6H,1-2H3;5-7H,1-4H3,(H,11,13,14);2*4-5H,1-3H3,(H,9,11,12);3-4H,1-2H3,(H,9,11,12);3-4H,1-2H3,(H2,7,11). The molecule has 0 aliphatic carbocycles. The highest BCUT2D eigenvalue weighted by Crippen LogP contribution is 2.34. The van der Waals surface area contributed by atoms with E-state index in [1.165, 1.54) is 24.6 Å². The molecule has 11 aromatic rings. The molecule has 108 heavy (non-hydrogen) atoms. The average molecular weight is 1790 g/mol. The predicted octanol–water partition coefficient (Wildman–Crippen LogP) is 16.1. The lowest BCUT2D eigenvalue weighted by Crippen LogP contribution is -2.33. The number of aromatic amines is 4. The summed E-state index contributed by atoms with van der Waals surface area (Å²) in [5, 5.41) is 10.5. The van der Waals surface area contributed by atoms with Crippen LogP contribution in [0.1, 0.15) is 220 Å². The van der Waals surface area contributed by atoms with Crippen molar-refractivity contribution in [2.75, 3.05) is 5.32 Å². The molecule has 0 bridgehead atoms. The number of rotatable bonds is 12. The van der Waals surface area contributed by atoms with Gasteiger partial charge in [-0.2, -0.15) is 0 Å². The largest absolute Gasteiger partial charge is 0.363 e. The summed E-state index contributed by atoms with van der Waals surface area (Å²) in [6.45, 7) is 43.0. The van der Waals surface area contributed by atoms with Gasteiger partial charge in [0.1, 0.15) is 6.33 Å². The number of fused-ring (bicyclic) bond motifs is 3. The fourth-order valence-electron chi connectivity index (χ4n) is 9.68. The van der Waals surface area contributed by atoms with Crippen LogP contribution in [0, 0.1) is 17.4 Å². The molecule has 0 atom stereocenters. The number of hydrogen-bond acceptors (Lipinski definition) is 15. The van der Waals surface area contributed by atoms with Crippen LogP contribution >= 0.6 is 108 Å². The van der Waals surface area contributed by atoms with Crippen LogP contribution in [0.2, 0.25) is 30.1 Å². The first-order valence-corrected chi connectivity index (χ1v) is 38.4. The number of carbonyl (C=O) groups is 1. The van der Waals surface area contributed by atoms with Gasteiger partial charge in [-0.3, -0.25) is 62.2 Å². The maximum absolute atomic E-state index is 11.4. The lowest BCUT2D eigenvalue weighted by Gasteiger charge is -2.15. The van der Waals surface area contributed by atoms with Crippen LogP contribution in [0.4, 0.5) is 5.95 Å². The van der Waals surface area contributed by atoms with Crippen LogP contribution in [-0.2, 0) is 0 Å². The van der Waals surface area contributed by atoms with E-state index in [0.717, 1.165) is 43.8 Å². The second-order valence-corrected chi connectivity index (χ2v) is 31.8. The summed E-state index contributed by atoms with van der Waals surface area (Å²) < 4.78 is 15.2. The van der Waals surface area contributed by atoms with Crippen molar-refractivity contribution in [3.8, 4) is 0 Å². The molecule has 0 saturated carbocycles. The van der Waals surface area contributed by atoms with Crippen molar-refractivity contribution in [3.05, 3.63) is 218 Å². The van der Waals surface area contributed by atoms with Gasteiger partial charge < -0.3 is 24.8 Å². The Morgan fingerprint density at radius 2 is 0.815 bits per heavy atom. The Morgan fingerprint density at radius 1 is 0.444 bits per heavy atom. The molecule has 36 heteroatoms. The third-order valence-electron chi connectivity index (χ3n) is 15.4. The van der Waals surface area contributed by atoms with Crippen molar-refractivity contribution in [2.45, 2.75) is 213 Å². The average Bonchev–Trinajstić information content (AvgIpc) is 1.64. The maximum atomic E-state index is 11.4. The van der Waals surface area contributed by atoms with Gasteiger partial charge in [0, 0.05) is 95.9 Å². The van der Waals surface area contributed by atoms with Gasteiger partial charge in [-0.25, -0.2) is 43.8 Å². The van der Waals surface area contributed by atoms with Crippen LogP contribution < -0.4 is 56.0 Å². The van der Waals surface area contributed by atoms with Gasteiger partial charge in [-0.05, 0) is 219 Å². The summed E-state index contributed by atoms with van der Waals surface area (Å²) in [7, 11) is 0. The Kier molecular flexibility index (Phi) is 35.4. The fourth-order valence-corrected chi connectivity index (χ4v) is 11.8. The number of nitrogens with one attached hydrogen (secondary N) is 5. The van der Waals surface area contributed by atoms with Crippen molar-refractivity contribution >= 4 is 153 Å². The topological polar surface area (TPSA) is 359 Å². The number of primary amides is 1. The number of halogens is 8. The second kappa shape index (κ2) is 41.3. The summed E-state index contributed by atoms with van der Waals surface area (Å²) in [4.78, 5) is 125. The number of aromatic nitrogens is 17. The lowest BCUT2D eigenvalue weighted by atomic mass is 10.1. The molecular weight excluding hydrogens is 1690 g/mol.